The largest absolute Gasteiger partial charge is 0.333 e. The molecule has 1 aromatic carbocycles. The van der Waals surface area contributed by atoms with E-state index in [0.29, 0.717) is 6.54 Å². The van der Waals surface area contributed by atoms with Crippen LogP contribution in [0.3, 0.4) is 0 Å². The second kappa shape index (κ2) is 6.40. The Bertz CT molecular complexity index is 383. The third-order valence-electron chi connectivity index (χ3n) is 3.64. The smallest absolute Gasteiger partial charge is 0.329 e. The Kier molecular flexibility index (Phi) is 4.59. The van der Waals surface area contributed by atoms with E-state index in [-0.39, 0.29) is 6.03 Å². The van der Waals surface area contributed by atoms with Crippen LogP contribution in [0.2, 0.25) is 0 Å². The number of nitrogens with one attached hydrogen (secondary N) is 2. The molecule has 0 aliphatic heterocycles. The molecular formula is C14H21N3O. The summed E-state index contributed by atoms with van der Waals surface area (Å²) in [7, 11) is 0. The molecule has 2 rings (SSSR count). The number of carbonyl (C=O) groups excluding carboxylic acids is 1. The first-order valence-electron chi connectivity index (χ1n) is 6.63. The van der Waals surface area contributed by atoms with E-state index >= 15 is 0 Å². The molecule has 1 saturated carbocycles. The lowest BCUT2D eigenvalue weighted by Crippen LogP contribution is -2.39. The lowest BCUT2D eigenvalue weighted by atomic mass is 9.84. The topological polar surface area (TPSA) is 67.1 Å². The Morgan fingerprint density at radius 2 is 1.83 bits per heavy atom. The number of rotatable bonds is 3. The van der Waals surface area contributed by atoms with Crippen LogP contribution in [-0.2, 0) is 6.54 Å². The lowest BCUT2D eigenvalue weighted by Gasteiger charge is -2.22. The predicted octanol–water partition coefficient (Wildman–Crippen LogP) is 2.41. The number of nitrogens with two attached hydrogens (primary N) is 1. The Labute approximate surface area is 108 Å². The van der Waals surface area contributed by atoms with Gasteiger partial charge in [-0.05, 0) is 29.9 Å². The molecule has 0 radical (unpaired) electrons. The van der Waals surface area contributed by atoms with E-state index in [4.69, 9.17) is 5.84 Å². The van der Waals surface area contributed by atoms with E-state index in [1.807, 2.05) is 5.43 Å². The van der Waals surface area contributed by atoms with Crippen LogP contribution >= 0.6 is 0 Å². The molecule has 4 heteroatoms. The molecular weight excluding hydrogens is 226 g/mol. The third-order valence-corrected chi connectivity index (χ3v) is 3.64. The molecule has 2 amide bonds. The van der Waals surface area contributed by atoms with Crippen LogP contribution in [-0.4, -0.2) is 6.03 Å². The molecule has 1 aliphatic rings. The molecule has 0 unspecified atom stereocenters. The van der Waals surface area contributed by atoms with Crippen molar-refractivity contribution in [2.45, 2.75) is 44.6 Å². The van der Waals surface area contributed by atoms with Gasteiger partial charge >= 0.3 is 6.03 Å². The normalized spacial score (nSPS) is 16.3. The van der Waals surface area contributed by atoms with E-state index in [9.17, 15) is 4.79 Å². The van der Waals surface area contributed by atoms with Crippen LogP contribution in [0.1, 0.15) is 49.1 Å². The van der Waals surface area contributed by atoms with Gasteiger partial charge in [0, 0.05) is 6.54 Å². The zero-order chi connectivity index (χ0) is 12.8. The maximum Gasteiger partial charge on any atom is 0.329 e. The van der Waals surface area contributed by atoms with Crippen molar-refractivity contribution in [2.75, 3.05) is 0 Å². The maximum absolute atomic E-state index is 11.0. The molecule has 0 aromatic heterocycles. The first-order chi connectivity index (χ1) is 8.79. The van der Waals surface area contributed by atoms with Crippen molar-refractivity contribution in [2.24, 2.45) is 5.84 Å². The molecule has 1 fully saturated rings. The zero-order valence-electron chi connectivity index (χ0n) is 10.6. The number of carbonyl (C=O) groups is 1. The summed E-state index contributed by atoms with van der Waals surface area (Å²) in [4.78, 5) is 11.0. The summed E-state index contributed by atoms with van der Waals surface area (Å²) >= 11 is 0. The fourth-order valence-electron chi connectivity index (χ4n) is 2.58. The van der Waals surface area contributed by atoms with Gasteiger partial charge in [-0.2, -0.15) is 0 Å². The van der Waals surface area contributed by atoms with Gasteiger partial charge in [0.15, 0.2) is 0 Å². The minimum atomic E-state index is -0.355. The monoisotopic (exact) mass is 247 g/mol. The van der Waals surface area contributed by atoms with Gasteiger partial charge in [-0.1, -0.05) is 43.5 Å². The highest BCUT2D eigenvalue weighted by atomic mass is 16.2. The third kappa shape index (κ3) is 3.47. The Morgan fingerprint density at radius 1 is 1.17 bits per heavy atom. The Balaban J connectivity index is 1.90. The summed E-state index contributed by atoms with van der Waals surface area (Å²) < 4.78 is 0. The summed E-state index contributed by atoms with van der Waals surface area (Å²) in [5, 5.41) is 2.67. The van der Waals surface area contributed by atoms with Crippen LogP contribution in [0, 0.1) is 0 Å². The fraction of sp³-hybridized carbons (Fsp3) is 0.500. The first kappa shape index (κ1) is 12.9. The molecule has 98 valence electrons. The average Bonchev–Trinajstić information content (AvgIpc) is 2.46. The van der Waals surface area contributed by atoms with Crippen molar-refractivity contribution in [1.82, 2.24) is 10.7 Å². The molecule has 4 N–H and O–H groups in total. The van der Waals surface area contributed by atoms with E-state index < -0.39 is 0 Å². The summed E-state index contributed by atoms with van der Waals surface area (Å²) in [6, 6.07) is 8.19. The molecule has 0 spiro atoms. The van der Waals surface area contributed by atoms with E-state index in [1.165, 1.54) is 37.7 Å². The second-order valence-electron chi connectivity index (χ2n) is 4.90. The first-order valence-corrected chi connectivity index (χ1v) is 6.63. The quantitative estimate of drug-likeness (QED) is 0.436. The standard InChI is InChI=1S/C14H21N3O/c15-17-14(18)16-10-11-6-8-13(9-7-11)12-4-2-1-3-5-12/h6-9,12H,1-5,10,15H2,(H2,16,17,18). The lowest BCUT2D eigenvalue weighted by molar-refractivity contribution is 0.241. The highest BCUT2D eigenvalue weighted by Gasteiger charge is 2.14. The van der Waals surface area contributed by atoms with Gasteiger partial charge in [0.2, 0.25) is 0 Å². The molecule has 18 heavy (non-hydrogen) atoms. The summed E-state index contributed by atoms with van der Waals surface area (Å²) in [6.07, 6.45) is 6.71. The predicted molar refractivity (Wildman–Crippen MR) is 71.8 cm³/mol. The number of hydrogen-bond donors (Lipinski definition) is 3. The van der Waals surface area contributed by atoms with Crippen molar-refractivity contribution in [3.05, 3.63) is 35.4 Å². The Morgan fingerprint density at radius 3 is 2.44 bits per heavy atom. The second-order valence-corrected chi connectivity index (χ2v) is 4.90. The highest BCUT2D eigenvalue weighted by molar-refractivity contribution is 5.72. The molecule has 0 heterocycles. The minimum absolute atomic E-state index is 0.355. The highest BCUT2D eigenvalue weighted by Crippen LogP contribution is 2.32. The number of urea groups is 1. The van der Waals surface area contributed by atoms with E-state index in [2.05, 4.69) is 29.6 Å². The van der Waals surface area contributed by atoms with Gasteiger partial charge < -0.3 is 5.32 Å². The number of amides is 2. The molecule has 0 bridgehead atoms. The average molecular weight is 247 g/mol. The van der Waals surface area contributed by atoms with E-state index in [1.54, 1.807) is 0 Å². The zero-order valence-corrected chi connectivity index (χ0v) is 10.6. The van der Waals surface area contributed by atoms with Crippen LogP contribution in [0.4, 0.5) is 4.79 Å². The van der Waals surface area contributed by atoms with Crippen molar-refractivity contribution in [1.29, 1.82) is 0 Å². The molecule has 0 atom stereocenters. The van der Waals surface area contributed by atoms with Gasteiger partial charge in [0.05, 0.1) is 0 Å². The minimum Gasteiger partial charge on any atom is -0.333 e. The summed E-state index contributed by atoms with van der Waals surface area (Å²) in [6.45, 7) is 0.508. The molecule has 0 saturated heterocycles. The van der Waals surface area contributed by atoms with Gasteiger partial charge in [-0.3, -0.25) is 5.43 Å². The summed E-state index contributed by atoms with van der Waals surface area (Å²) in [5.74, 6) is 5.73. The van der Waals surface area contributed by atoms with Gasteiger partial charge in [-0.25, -0.2) is 10.6 Å². The SMILES string of the molecule is NNC(=O)NCc1ccc(C2CCCCC2)cc1. The van der Waals surface area contributed by atoms with Crippen LogP contribution in [0.25, 0.3) is 0 Å². The van der Waals surface area contributed by atoms with Gasteiger partial charge in [0.25, 0.3) is 0 Å². The van der Waals surface area contributed by atoms with Gasteiger partial charge in [-0.15, -0.1) is 0 Å². The molecule has 1 aromatic rings. The molecule has 1 aliphatic carbocycles. The van der Waals surface area contributed by atoms with Crippen molar-refractivity contribution < 1.29 is 4.79 Å². The van der Waals surface area contributed by atoms with Crippen LogP contribution in [0.5, 0.6) is 0 Å². The van der Waals surface area contributed by atoms with Crippen molar-refractivity contribution in [3.63, 3.8) is 0 Å². The van der Waals surface area contributed by atoms with Crippen molar-refractivity contribution >= 4 is 6.03 Å². The van der Waals surface area contributed by atoms with Crippen LogP contribution in [0.15, 0.2) is 24.3 Å². The van der Waals surface area contributed by atoms with Crippen molar-refractivity contribution in [3.8, 4) is 0 Å². The number of benzene rings is 1. The molecule has 4 nitrogen and oxygen atoms in total. The fourth-order valence-corrected chi connectivity index (χ4v) is 2.58. The van der Waals surface area contributed by atoms with E-state index in [0.717, 1.165) is 11.5 Å². The maximum atomic E-state index is 11.0. The number of hydrazine groups is 1. The van der Waals surface area contributed by atoms with Gasteiger partial charge in [0.1, 0.15) is 0 Å². The van der Waals surface area contributed by atoms with Crippen LogP contribution < -0.4 is 16.6 Å². The summed E-state index contributed by atoms with van der Waals surface area (Å²) in [5.41, 5.74) is 4.58. The Hall–Kier alpha value is -1.55. The number of hydrogen-bond acceptors (Lipinski definition) is 2.